The van der Waals surface area contributed by atoms with E-state index < -0.39 is 0 Å². The van der Waals surface area contributed by atoms with Gasteiger partial charge in [-0.3, -0.25) is 0 Å². The Balaban J connectivity index is 2.29. The van der Waals surface area contributed by atoms with Gasteiger partial charge in [-0.2, -0.15) is 0 Å². The monoisotopic (exact) mass is 247 g/mol. The van der Waals surface area contributed by atoms with E-state index in [4.69, 9.17) is 10.5 Å². The van der Waals surface area contributed by atoms with Crippen LogP contribution in [0.1, 0.15) is 51.0 Å². The molecule has 1 aliphatic rings. The third-order valence-electron chi connectivity index (χ3n) is 4.00. The van der Waals surface area contributed by atoms with Crippen molar-refractivity contribution in [3.63, 3.8) is 0 Å². The Morgan fingerprint density at radius 1 is 1.28 bits per heavy atom. The van der Waals surface area contributed by atoms with Crippen molar-refractivity contribution in [2.24, 2.45) is 5.73 Å². The van der Waals surface area contributed by atoms with Crippen LogP contribution in [0.3, 0.4) is 0 Å². The number of ether oxygens (including phenoxy) is 1. The minimum atomic E-state index is -0.159. The van der Waals surface area contributed by atoms with Gasteiger partial charge in [0.15, 0.2) is 0 Å². The second kappa shape index (κ2) is 5.85. The highest BCUT2D eigenvalue weighted by molar-refractivity contribution is 5.24. The summed E-state index contributed by atoms with van der Waals surface area (Å²) in [4.78, 5) is 0. The first-order chi connectivity index (χ1) is 8.68. The molecule has 1 fully saturated rings. The van der Waals surface area contributed by atoms with Crippen molar-refractivity contribution in [2.75, 3.05) is 6.54 Å². The smallest absolute Gasteiger partial charge is 0.0875 e. The van der Waals surface area contributed by atoms with Gasteiger partial charge < -0.3 is 10.5 Å². The topological polar surface area (TPSA) is 35.2 Å². The molecule has 0 radical (unpaired) electrons. The summed E-state index contributed by atoms with van der Waals surface area (Å²) in [5, 5.41) is 0. The molecule has 2 heteroatoms. The van der Waals surface area contributed by atoms with Gasteiger partial charge in [-0.1, -0.05) is 43.2 Å². The molecule has 1 aromatic rings. The molecule has 1 saturated carbocycles. The molecule has 0 heterocycles. The van der Waals surface area contributed by atoms with E-state index in [-0.39, 0.29) is 11.7 Å². The van der Waals surface area contributed by atoms with Gasteiger partial charge in [0, 0.05) is 12.5 Å². The van der Waals surface area contributed by atoms with Gasteiger partial charge in [-0.25, -0.2) is 0 Å². The molecular weight excluding hydrogens is 222 g/mol. The molecule has 18 heavy (non-hydrogen) atoms. The lowest BCUT2D eigenvalue weighted by atomic mass is 9.71. The van der Waals surface area contributed by atoms with Crippen molar-refractivity contribution in [3.05, 3.63) is 35.9 Å². The molecule has 0 saturated heterocycles. The Bertz CT molecular complexity index is 363. The average Bonchev–Trinajstić information content (AvgIpc) is 2.39. The third kappa shape index (κ3) is 2.76. The predicted molar refractivity (Wildman–Crippen MR) is 75.7 cm³/mol. The maximum Gasteiger partial charge on any atom is 0.0875 e. The van der Waals surface area contributed by atoms with Crippen molar-refractivity contribution < 1.29 is 4.74 Å². The van der Waals surface area contributed by atoms with Gasteiger partial charge in [0.1, 0.15) is 0 Å². The van der Waals surface area contributed by atoms with E-state index in [1.807, 2.05) is 0 Å². The normalized spacial score (nSPS) is 28.6. The van der Waals surface area contributed by atoms with E-state index in [9.17, 15) is 0 Å². The van der Waals surface area contributed by atoms with Crippen LogP contribution in [-0.2, 0) is 4.74 Å². The van der Waals surface area contributed by atoms with Gasteiger partial charge in [-0.05, 0) is 32.3 Å². The quantitative estimate of drug-likeness (QED) is 0.884. The minimum absolute atomic E-state index is 0.159. The molecule has 2 rings (SSSR count). The number of benzene rings is 1. The molecular formula is C16H25NO. The summed E-state index contributed by atoms with van der Waals surface area (Å²) in [6.45, 7) is 4.83. The molecule has 0 amide bonds. The van der Waals surface area contributed by atoms with Crippen LogP contribution in [0.15, 0.2) is 30.3 Å². The summed E-state index contributed by atoms with van der Waals surface area (Å²) in [6.07, 6.45) is 5.02. The standard InChI is InChI=1S/C16H25NO/c1-13(2)18-16(12-17)11-7-6-10-15(16)14-8-4-3-5-9-14/h3-5,8-9,13,15H,6-7,10-12,17H2,1-2H3. The van der Waals surface area contributed by atoms with Crippen LogP contribution < -0.4 is 5.73 Å². The summed E-state index contributed by atoms with van der Waals surface area (Å²) in [5.41, 5.74) is 7.31. The van der Waals surface area contributed by atoms with Crippen LogP contribution in [0, 0.1) is 0 Å². The first kappa shape index (κ1) is 13.6. The highest BCUT2D eigenvalue weighted by atomic mass is 16.5. The van der Waals surface area contributed by atoms with E-state index in [1.165, 1.54) is 24.8 Å². The van der Waals surface area contributed by atoms with E-state index in [0.29, 0.717) is 12.5 Å². The summed E-state index contributed by atoms with van der Waals surface area (Å²) >= 11 is 0. The van der Waals surface area contributed by atoms with Gasteiger partial charge in [0.05, 0.1) is 11.7 Å². The molecule has 2 atom stereocenters. The van der Waals surface area contributed by atoms with Crippen LogP contribution in [-0.4, -0.2) is 18.2 Å². The second-order valence-electron chi connectivity index (χ2n) is 5.64. The van der Waals surface area contributed by atoms with Gasteiger partial charge >= 0.3 is 0 Å². The largest absolute Gasteiger partial charge is 0.370 e. The molecule has 0 aliphatic heterocycles. The van der Waals surface area contributed by atoms with Crippen LogP contribution in [0.2, 0.25) is 0 Å². The van der Waals surface area contributed by atoms with Crippen molar-refractivity contribution in [1.29, 1.82) is 0 Å². The summed E-state index contributed by atoms with van der Waals surface area (Å²) in [5.74, 6) is 0.444. The maximum absolute atomic E-state index is 6.27. The average molecular weight is 247 g/mol. The fourth-order valence-corrected chi connectivity index (χ4v) is 3.27. The zero-order valence-corrected chi connectivity index (χ0v) is 11.6. The Kier molecular flexibility index (Phi) is 4.41. The lowest BCUT2D eigenvalue weighted by Gasteiger charge is -2.44. The number of hydrogen-bond donors (Lipinski definition) is 1. The molecule has 0 bridgehead atoms. The van der Waals surface area contributed by atoms with Crippen LogP contribution in [0.5, 0.6) is 0 Å². The zero-order valence-electron chi connectivity index (χ0n) is 11.6. The highest BCUT2D eigenvalue weighted by Crippen LogP contribution is 2.43. The number of nitrogens with two attached hydrogens (primary N) is 1. The van der Waals surface area contributed by atoms with Crippen molar-refractivity contribution in [3.8, 4) is 0 Å². The van der Waals surface area contributed by atoms with E-state index in [0.717, 1.165) is 6.42 Å². The van der Waals surface area contributed by atoms with Gasteiger partial charge in [0.2, 0.25) is 0 Å². The zero-order chi connectivity index (χ0) is 13.0. The van der Waals surface area contributed by atoms with Gasteiger partial charge in [0.25, 0.3) is 0 Å². The summed E-state index contributed by atoms with van der Waals surface area (Å²) < 4.78 is 6.27. The highest BCUT2D eigenvalue weighted by Gasteiger charge is 2.42. The van der Waals surface area contributed by atoms with Crippen LogP contribution in [0.4, 0.5) is 0 Å². The van der Waals surface area contributed by atoms with Gasteiger partial charge in [-0.15, -0.1) is 0 Å². The second-order valence-corrected chi connectivity index (χ2v) is 5.64. The molecule has 0 aromatic heterocycles. The molecule has 100 valence electrons. The molecule has 2 nitrogen and oxygen atoms in total. The summed E-state index contributed by atoms with van der Waals surface area (Å²) in [7, 11) is 0. The molecule has 1 aromatic carbocycles. The molecule has 1 aliphatic carbocycles. The molecule has 0 spiro atoms. The van der Waals surface area contributed by atoms with Crippen molar-refractivity contribution >= 4 is 0 Å². The Morgan fingerprint density at radius 3 is 2.61 bits per heavy atom. The lowest BCUT2D eigenvalue weighted by molar-refractivity contribution is -0.108. The number of rotatable bonds is 4. The van der Waals surface area contributed by atoms with Crippen LogP contribution >= 0.6 is 0 Å². The molecule has 2 unspecified atom stereocenters. The van der Waals surface area contributed by atoms with Crippen molar-refractivity contribution in [2.45, 2.75) is 57.2 Å². The molecule has 2 N–H and O–H groups in total. The fourth-order valence-electron chi connectivity index (χ4n) is 3.27. The van der Waals surface area contributed by atoms with E-state index in [1.54, 1.807) is 0 Å². The van der Waals surface area contributed by atoms with Crippen LogP contribution in [0.25, 0.3) is 0 Å². The fraction of sp³-hybridized carbons (Fsp3) is 0.625. The number of hydrogen-bond acceptors (Lipinski definition) is 2. The lowest BCUT2D eigenvalue weighted by Crippen LogP contribution is -2.49. The first-order valence-electron chi connectivity index (χ1n) is 7.11. The first-order valence-corrected chi connectivity index (χ1v) is 7.11. The minimum Gasteiger partial charge on any atom is -0.370 e. The van der Waals surface area contributed by atoms with E-state index >= 15 is 0 Å². The third-order valence-corrected chi connectivity index (χ3v) is 4.00. The Labute approximate surface area is 111 Å². The SMILES string of the molecule is CC(C)OC1(CN)CCCCC1c1ccccc1. The van der Waals surface area contributed by atoms with Crippen molar-refractivity contribution in [1.82, 2.24) is 0 Å². The van der Waals surface area contributed by atoms with E-state index in [2.05, 4.69) is 44.2 Å². The Hall–Kier alpha value is -0.860. The Morgan fingerprint density at radius 2 is 2.00 bits per heavy atom. The predicted octanol–water partition coefficient (Wildman–Crippen LogP) is 3.47. The summed E-state index contributed by atoms with van der Waals surface area (Å²) in [6, 6.07) is 10.7. The maximum atomic E-state index is 6.27.